The Balaban J connectivity index is 1.15. The Morgan fingerprint density at radius 3 is 2.75 bits per heavy atom. The molecule has 2 aliphatic heterocycles. The summed E-state index contributed by atoms with van der Waals surface area (Å²) in [6, 6.07) is 15.5. The molecule has 5 heterocycles. The second kappa shape index (κ2) is 10.1. The van der Waals surface area contributed by atoms with Crippen LogP contribution < -0.4 is 5.32 Å². The first-order chi connectivity index (χ1) is 17.7. The predicted molar refractivity (Wildman–Crippen MR) is 141 cm³/mol. The Bertz CT molecular complexity index is 1350. The van der Waals surface area contributed by atoms with Crippen molar-refractivity contribution in [1.29, 1.82) is 0 Å². The molecule has 8 heteroatoms. The van der Waals surface area contributed by atoms with E-state index in [4.69, 9.17) is 0 Å². The number of nitrogens with one attached hydrogen (secondary N) is 2. The fraction of sp³-hybridized carbons (Fsp3) is 0.357. The van der Waals surface area contributed by atoms with Crippen molar-refractivity contribution < 1.29 is 4.79 Å². The normalized spacial score (nSPS) is 18.6. The van der Waals surface area contributed by atoms with Crippen LogP contribution in [0.3, 0.4) is 0 Å². The second-order valence-electron chi connectivity index (χ2n) is 9.86. The number of piperidine rings is 1. The molecule has 1 atom stereocenters. The number of aromatic amines is 1. The second-order valence-corrected chi connectivity index (χ2v) is 9.86. The first-order valence-electron chi connectivity index (χ1n) is 12.9. The van der Waals surface area contributed by atoms with Crippen LogP contribution in [0.1, 0.15) is 36.2 Å². The van der Waals surface area contributed by atoms with E-state index in [0.717, 1.165) is 54.0 Å². The van der Waals surface area contributed by atoms with E-state index in [9.17, 15) is 4.79 Å². The number of pyridine rings is 1. The number of anilines is 2. The van der Waals surface area contributed by atoms with Crippen LogP contribution in [0.5, 0.6) is 0 Å². The van der Waals surface area contributed by atoms with Crippen molar-refractivity contribution in [1.82, 2.24) is 29.7 Å². The van der Waals surface area contributed by atoms with Crippen molar-refractivity contribution in [3.63, 3.8) is 0 Å². The molecule has 2 aliphatic rings. The standard InChI is InChI=1S/C28H31N7O/c36-27(35-15-5-6-20(19-35)18-34-13-3-4-14-34)26-17-21-16-22(8-9-23(21)32-26)31-28-30-12-10-25(33-28)24-7-1-2-11-29-24/h1-2,7-12,16-17,20,32H,3-6,13-15,18-19H2,(H,30,31,33). The fourth-order valence-corrected chi connectivity index (χ4v) is 5.43. The summed E-state index contributed by atoms with van der Waals surface area (Å²) in [5.41, 5.74) is 4.01. The first kappa shape index (κ1) is 22.7. The minimum absolute atomic E-state index is 0.0956. The number of likely N-dealkylation sites (tertiary alicyclic amines) is 2. The summed E-state index contributed by atoms with van der Waals surface area (Å²) in [7, 11) is 0. The largest absolute Gasteiger partial charge is 0.351 e. The van der Waals surface area contributed by atoms with E-state index in [1.807, 2.05) is 53.4 Å². The summed E-state index contributed by atoms with van der Waals surface area (Å²) in [5, 5.41) is 4.27. The van der Waals surface area contributed by atoms with Gasteiger partial charge in [-0.3, -0.25) is 9.78 Å². The lowest BCUT2D eigenvalue weighted by Crippen LogP contribution is -2.43. The molecule has 0 radical (unpaired) electrons. The third-order valence-corrected chi connectivity index (χ3v) is 7.21. The third kappa shape index (κ3) is 4.95. The van der Waals surface area contributed by atoms with E-state index >= 15 is 0 Å². The van der Waals surface area contributed by atoms with E-state index < -0.39 is 0 Å². The van der Waals surface area contributed by atoms with Crippen molar-refractivity contribution in [2.75, 3.05) is 38.0 Å². The van der Waals surface area contributed by atoms with Crippen LogP contribution >= 0.6 is 0 Å². The fourth-order valence-electron chi connectivity index (χ4n) is 5.43. The van der Waals surface area contributed by atoms with Crippen LogP contribution in [0.4, 0.5) is 11.6 Å². The van der Waals surface area contributed by atoms with Gasteiger partial charge in [0.2, 0.25) is 5.95 Å². The van der Waals surface area contributed by atoms with E-state index in [1.165, 1.54) is 32.4 Å². The molecule has 6 rings (SSSR count). The minimum Gasteiger partial charge on any atom is -0.351 e. The number of rotatable bonds is 6. The summed E-state index contributed by atoms with van der Waals surface area (Å²) in [5.74, 6) is 1.17. The number of carbonyl (C=O) groups excluding carboxylic acids is 1. The van der Waals surface area contributed by atoms with Gasteiger partial charge in [0.25, 0.3) is 5.91 Å². The number of carbonyl (C=O) groups is 1. The number of amides is 1. The van der Waals surface area contributed by atoms with Crippen molar-refractivity contribution in [2.24, 2.45) is 5.92 Å². The van der Waals surface area contributed by atoms with Gasteiger partial charge in [-0.15, -0.1) is 0 Å². The Hall–Kier alpha value is -3.78. The molecular formula is C28H31N7O. The lowest BCUT2D eigenvalue weighted by molar-refractivity contribution is 0.0643. The molecule has 1 amide bonds. The number of aromatic nitrogens is 4. The maximum absolute atomic E-state index is 13.3. The lowest BCUT2D eigenvalue weighted by atomic mass is 9.97. The lowest BCUT2D eigenvalue weighted by Gasteiger charge is -2.34. The zero-order valence-electron chi connectivity index (χ0n) is 20.4. The van der Waals surface area contributed by atoms with Gasteiger partial charge < -0.3 is 20.1 Å². The van der Waals surface area contributed by atoms with E-state index in [2.05, 4.69) is 30.2 Å². The minimum atomic E-state index is 0.0956. The Morgan fingerprint density at radius 1 is 0.972 bits per heavy atom. The number of hydrogen-bond acceptors (Lipinski definition) is 6. The van der Waals surface area contributed by atoms with Gasteiger partial charge in [0.15, 0.2) is 0 Å². The maximum atomic E-state index is 13.3. The van der Waals surface area contributed by atoms with E-state index in [0.29, 0.717) is 17.6 Å². The van der Waals surface area contributed by atoms with Crippen LogP contribution in [-0.2, 0) is 0 Å². The van der Waals surface area contributed by atoms with Crippen LogP contribution in [0.25, 0.3) is 22.3 Å². The quantitative estimate of drug-likeness (QED) is 0.415. The van der Waals surface area contributed by atoms with Crippen molar-refractivity contribution in [2.45, 2.75) is 25.7 Å². The van der Waals surface area contributed by atoms with Gasteiger partial charge in [-0.1, -0.05) is 6.07 Å². The maximum Gasteiger partial charge on any atom is 0.270 e. The van der Waals surface area contributed by atoms with Gasteiger partial charge >= 0.3 is 0 Å². The summed E-state index contributed by atoms with van der Waals surface area (Å²) in [4.78, 5) is 34.6. The Morgan fingerprint density at radius 2 is 1.89 bits per heavy atom. The number of fused-ring (bicyclic) bond motifs is 1. The van der Waals surface area contributed by atoms with Crippen molar-refractivity contribution >= 4 is 28.4 Å². The van der Waals surface area contributed by atoms with Gasteiger partial charge in [0, 0.05) is 48.6 Å². The molecule has 2 saturated heterocycles. The van der Waals surface area contributed by atoms with Crippen LogP contribution in [0, 0.1) is 5.92 Å². The molecule has 2 fully saturated rings. The molecule has 2 N–H and O–H groups in total. The zero-order valence-corrected chi connectivity index (χ0v) is 20.4. The average molecular weight is 482 g/mol. The van der Waals surface area contributed by atoms with Crippen molar-refractivity contribution in [3.05, 3.63) is 66.6 Å². The van der Waals surface area contributed by atoms with Crippen molar-refractivity contribution in [3.8, 4) is 11.4 Å². The van der Waals surface area contributed by atoms with E-state index in [-0.39, 0.29) is 5.91 Å². The predicted octanol–water partition coefficient (Wildman–Crippen LogP) is 4.71. The highest BCUT2D eigenvalue weighted by atomic mass is 16.2. The molecule has 1 aromatic carbocycles. The number of H-pyrrole nitrogens is 1. The molecular weight excluding hydrogens is 450 g/mol. The number of nitrogens with zero attached hydrogens (tertiary/aromatic N) is 5. The summed E-state index contributed by atoms with van der Waals surface area (Å²) >= 11 is 0. The van der Waals surface area contributed by atoms with Gasteiger partial charge in [0.05, 0.1) is 11.4 Å². The molecule has 0 saturated carbocycles. The highest BCUT2D eigenvalue weighted by molar-refractivity contribution is 5.98. The topological polar surface area (TPSA) is 90.0 Å². The highest BCUT2D eigenvalue weighted by Crippen LogP contribution is 2.25. The number of hydrogen-bond donors (Lipinski definition) is 2. The summed E-state index contributed by atoms with van der Waals surface area (Å²) < 4.78 is 0. The smallest absolute Gasteiger partial charge is 0.270 e. The molecule has 4 aromatic rings. The third-order valence-electron chi connectivity index (χ3n) is 7.21. The van der Waals surface area contributed by atoms with Crippen LogP contribution in [-0.4, -0.2) is 68.4 Å². The molecule has 0 aliphatic carbocycles. The van der Waals surface area contributed by atoms with Gasteiger partial charge in [-0.25, -0.2) is 9.97 Å². The molecule has 3 aromatic heterocycles. The highest BCUT2D eigenvalue weighted by Gasteiger charge is 2.27. The van der Waals surface area contributed by atoms with Gasteiger partial charge in [-0.05, 0) is 87.2 Å². The average Bonchev–Trinajstić information content (AvgIpc) is 3.59. The number of benzene rings is 1. The monoisotopic (exact) mass is 481 g/mol. The summed E-state index contributed by atoms with van der Waals surface area (Å²) in [6.45, 7) is 5.22. The Labute approximate surface area is 210 Å². The SMILES string of the molecule is O=C(c1cc2cc(Nc3nccc(-c4ccccn4)n3)ccc2[nH]1)N1CCCC(CN2CCCC2)C1. The molecule has 1 unspecified atom stereocenters. The van der Waals surface area contributed by atoms with Crippen LogP contribution in [0.15, 0.2) is 60.9 Å². The molecule has 0 bridgehead atoms. The zero-order chi connectivity index (χ0) is 24.3. The molecule has 0 spiro atoms. The molecule has 36 heavy (non-hydrogen) atoms. The van der Waals surface area contributed by atoms with Gasteiger partial charge in [0.1, 0.15) is 5.69 Å². The summed E-state index contributed by atoms with van der Waals surface area (Å²) in [6.07, 6.45) is 8.38. The Kier molecular flexibility index (Phi) is 6.34. The molecule has 8 nitrogen and oxygen atoms in total. The van der Waals surface area contributed by atoms with Crippen LogP contribution in [0.2, 0.25) is 0 Å². The molecule has 184 valence electrons. The first-order valence-corrected chi connectivity index (χ1v) is 12.9. The van der Waals surface area contributed by atoms with Gasteiger partial charge in [-0.2, -0.15) is 0 Å². The van der Waals surface area contributed by atoms with E-state index in [1.54, 1.807) is 12.4 Å².